The van der Waals surface area contributed by atoms with Crippen LogP contribution in [0, 0.1) is 0 Å². The van der Waals surface area contributed by atoms with E-state index in [1.165, 1.54) is 0 Å². The molecule has 0 fully saturated rings. The summed E-state index contributed by atoms with van der Waals surface area (Å²) in [5.74, 6) is -0.0666. The summed E-state index contributed by atoms with van der Waals surface area (Å²) in [6, 6.07) is 9.94. The number of benzene rings is 1. The summed E-state index contributed by atoms with van der Waals surface area (Å²) >= 11 is 0. The van der Waals surface area contributed by atoms with Gasteiger partial charge in [0.2, 0.25) is 0 Å². The van der Waals surface area contributed by atoms with Gasteiger partial charge >= 0.3 is 0 Å². The molecule has 1 aromatic carbocycles. The zero-order valence-corrected chi connectivity index (χ0v) is 13.0. The molecule has 122 valence electrons. The maximum atomic E-state index is 12.4. The van der Waals surface area contributed by atoms with Crippen molar-refractivity contribution in [2.24, 2.45) is 0 Å². The highest BCUT2D eigenvalue weighted by Crippen LogP contribution is 2.19. The van der Waals surface area contributed by atoms with Crippen molar-refractivity contribution in [2.45, 2.75) is 25.3 Å². The van der Waals surface area contributed by atoms with E-state index in [1.807, 2.05) is 30.3 Å². The van der Waals surface area contributed by atoms with Crippen molar-refractivity contribution in [3.05, 3.63) is 52.8 Å². The fourth-order valence-corrected chi connectivity index (χ4v) is 2.98. The highest BCUT2D eigenvalue weighted by molar-refractivity contribution is 5.94. The molecule has 0 saturated carbocycles. The lowest BCUT2D eigenvalue weighted by Crippen LogP contribution is -2.31. The molecule has 1 aliphatic rings. The first kappa shape index (κ1) is 15.7. The Bertz CT molecular complexity index is 654. The van der Waals surface area contributed by atoms with Crippen LogP contribution in [0.1, 0.15) is 39.6 Å². The number of hydrogen-bond acceptors (Lipinski definition) is 4. The van der Waals surface area contributed by atoms with Gasteiger partial charge in [-0.1, -0.05) is 30.3 Å². The molecule has 1 atom stereocenters. The lowest BCUT2D eigenvalue weighted by atomic mass is 9.96. The van der Waals surface area contributed by atoms with Crippen LogP contribution in [0.5, 0.6) is 0 Å². The largest absolute Gasteiger partial charge is 0.396 e. The fourth-order valence-electron chi connectivity index (χ4n) is 2.98. The van der Waals surface area contributed by atoms with Crippen molar-refractivity contribution in [1.29, 1.82) is 0 Å². The Labute approximate surface area is 135 Å². The lowest BCUT2D eigenvalue weighted by molar-refractivity contribution is 0.0943. The van der Waals surface area contributed by atoms with Crippen molar-refractivity contribution in [1.82, 2.24) is 20.8 Å². The number of carbonyl (C=O) groups is 1. The Balaban J connectivity index is 1.66. The van der Waals surface area contributed by atoms with Gasteiger partial charge in [0.1, 0.15) is 0 Å². The zero-order chi connectivity index (χ0) is 16.1. The van der Waals surface area contributed by atoms with Gasteiger partial charge in [0.15, 0.2) is 5.69 Å². The van der Waals surface area contributed by atoms with E-state index < -0.39 is 0 Å². The second kappa shape index (κ2) is 7.39. The molecule has 0 saturated heterocycles. The minimum atomic E-state index is -0.162. The minimum absolute atomic E-state index is 0.0944. The Morgan fingerprint density at radius 2 is 2.17 bits per heavy atom. The molecule has 4 N–H and O–H groups in total. The summed E-state index contributed by atoms with van der Waals surface area (Å²) < 4.78 is 0. The van der Waals surface area contributed by atoms with Crippen molar-refractivity contribution < 1.29 is 9.90 Å². The number of nitrogens with one attached hydrogen (secondary N) is 3. The predicted molar refractivity (Wildman–Crippen MR) is 87.2 cm³/mol. The van der Waals surface area contributed by atoms with Crippen LogP contribution in [-0.4, -0.2) is 40.9 Å². The van der Waals surface area contributed by atoms with Gasteiger partial charge in [-0.2, -0.15) is 5.10 Å². The van der Waals surface area contributed by atoms with E-state index in [0.717, 1.165) is 29.8 Å². The molecule has 0 bridgehead atoms. The number of rotatable bonds is 6. The molecule has 0 spiro atoms. The van der Waals surface area contributed by atoms with Gasteiger partial charge in [-0.3, -0.25) is 9.89 Å². The smallest absolute Gasteiger partial charge is 0.272 e. The van der Waals surface area contributed by atoms with Crippen LogP contribution in [0.3, 0.4) is 0 Å². The number of H-pyrrole nitrogens is 1. The molecule has 6 nitrogen and oxygen atoms in total. The number of amides is 1. The third kappa shape index (κ3) is 3.60. The first-order valence-electron chi connectivity index (χ1n) is 8.00. The van der Waals surface area contributed by atoms with E-state index in [9.17, 15) is 9.90 Å². The normalized spacial score (nSPS) is 15.0. The molecule has 0 radical (unpaired) electrons. The Morgan fingerprint density at radius 1 is 1.35 bits per heavy atom. The van der Waals surface area contributed by atoms with Gasteiger partial charge in [0.25, 0.3) is 5.91 Å². The number of aromatic amines is 1. The number of fused-ring (bicyclic) bond motifs is 1. The van der Waals surface area contributed by atoms with Crippen LogP contribution in [0.15, 0.2) is 30.3 Å². The van der Waals surface area contributed by atoms with Crippen LogP contribution in [0.4, 0.5) is 0 Å². The second-order valence-corrected chi connectivity index (χ2v) is 5.79. The van der Waals surface area contributed by atoms with E-state index in [1.54, 1.807) is 0 Å². The van der Waals surface area contributed by atoms with Gasteiger partial charge in [0, 0.05) is 49.8 Å². The highest BCUT2D eigenvalue weighted by atomic mass is 16.3. The van der Waals surface area contributed by atoms with E-state index in [4.69, 9.17) is 0 Å². The van der Waals surface area contributed by atoms with E-state index >= 15 is 0 Å². The second-order valence-electron chi connectivity index (χ2n) is 5.79. The standard InChI is InChI=1S/C17H22N4O2/c22-9-7-13(12-4-2-1-3-5-12)10-19-17(23)16-14-11-18-8-6-15(14)20-21-16/h1-5,13,18,22H,6-11H2,(H,19,23)(H,20,21). The van der Waals surface area contributed by atoms with Gasteiger partial charge in [-0.25, -0.2) is 0 Å². The van der Waals surface area contributed by atoms with E-state index in [2.05, 4.69) is 20.8 Å². The number of hydrogen-bond donors (Lipinski definition) is 4. The van der Waals surface area contributed by atoms with Gasteiger partial charge in [-0.05, 0) is 12.0 Å². The van der Waals surface area contributed by atoms with Crippen LogP contribution in [-0.2, 0) is 13.0 Å². The van der Waals surface area contributed by atoms with Crippen LogP contribution < -0.4 is 10.6 Å². The molecule has 1 amide bonds. The van der Waals surface area contributed by atoms with Crippen LogP contribution in [0.2, 0.25) is 0 Å². The van der Waals surface area contributed by atoms with E-state index in [0.29, 0.717) is 25.2 Å². The molecule has 3 rings (SSSR count). The zero-order valence-electron chi connectivity index (χ0n) is 13.0. The molecule has 23 heavy (non-hydrogen) atoms. The SMILES string of the molecule is O=C(NCC(CCO)c1ccccc1)c1n[nH]c2c1CNCC2. The molecule has 1 aliphatic heterocycles. The first-order valence-corrected chi connectivity index (χ1v) is 8.00. The predicted octanol–water partition coefficient (Wildman–Crippen LogP) is 0.951. The monoisotopic (exact) mass is 314 g/mol. The Kier molecular flexibility index (Phi) is 5.05. The fraction of sp³-hybridized carbons (Fsp3) is 0.412. The summed E-state index contributed by atoms with van der Waals surface area (Å²) in [7, 11) is 0. The Hall–Kier alpha value is -2.18. The quantitative estimate of drug-likeness (QED) is 0.639. The lowest BCUT2D eigenvalue weighted by Gasteiger charge is -2.17. The van der Waals surface area contributed by atoms with Gasteiger partial charge in [0.05, 0.1) is 0 Å². The van der Waals surface area contributed by atoms with Crippen molar-refractivity contribution in [2.75, 3.05) is 19.7 Å². The number of aromatic nitrogens is 2. The number of nitrogens with zero attached hydrogens (tertiary/aromatic N) is 1. The molecule has 1 unspecified atom stereocenters. The summed E-state index contributed by atoms with van der Waals surface area (Å²) in [6.45, 7) is 2.16. The van der Waals surface area contributed by atoms with Gasteiger partial charge in [-0.15, -0.1) is 0 Å². The first-order chi connectivity index (χ1) is 11.3. The summed E-state index contributed by atoms with van der Waals surface area (Å²) in [6.07, 6.45) is 1.48. The average Bonchev–Trinajstić information content (AvgIpc) is 3.03. The highest BCUT2D eigenvalue weighted by Gasteiger charge is 2.22. The molecule has 6 heteroatoms. The van der Waals surface area contributed by atoms with Crippen LogP contribution in [0.25, 0.3) is 0 Å². The van der Waals surface area contributed by atoms with E-state index in [-0.39, 0.29) is 18.4 Å². The summed E-state index contributed by atoms with van der Waals surface area (Å²) in [5, 5.41) is 22.6. The molecule has 1 aromatic heterocycles. The topological polar surface area (TPSA) is 90.0 Å². The van der Waals surface area contributed by atoms with Crippen molar-refractivity contribution >= 4 is 5.91 Å². The summed E-state index contributed by atoms with van der Waals surface area (Å²) in [4.78, 5) is 12.4. The molecular weight excluding hydrogens is 292 g/mol. The van der Waals surface area contributed by atoms with Crippen LogP contribution >= 0.6 is 0 Å². The summed E-state index contributed by atoms with van der Waals surface area (Å²) in [5.41, 5.74) is 3.60. The molecule has 2 heterocycles. The van der Waals surface area contributed by atoms with Crippen molar-refractivity contribution in [3.8, 4) is 0 Å². The van der Waals surface area contributed by atoms with Crippen molar-refractivity contribution in [3.63, 3.8) is 0 Å². The number of carbonyl (C=O) groups excluding carboxylic acids is 1. The average molecular weight is 314 g/mol. The maximum absolute atomic E-state index is 12.4. The molecule has 0 aliphatic carbocycles. The molecule has 2 aromatic rings. The number of aliphatic hydroxyl groups is 1. The third-order valence-corrected chi connectivity index (χ3v) is 4.28. The minimum Gasteiger partial charge on any atom is -0.396 e. The third-order valence-electron chi connectivity index (χ3n) is 4.28. The maximum Gasteiger partial charge on any atom is 0.272 e. The Morgan fingerprint density at radius 3 is 2.96 bits per heavy atom. The molecular formula is C17H22N4O2. The van der Waals surface area contributed by atoms with Gasteiger partial charge < -0.3 is 15.7 Å². The number of aliphatic hydroxyl groups excluding tert-OH is 1.